The lowest BCUT2D eigenvalue weighted by Gasteiger charge is -2.34. The molecule has 1 aliphatic rings. The van der Waals surface area contributed by atoms with Crippen LogP contribution in [-0.4, -0.2) is 28.3 Å². The average Bonchev–Trinajstić information content (AvgIpc) is 3.14. The molecule has 0 aliphatic carbocycles. The van der Waals surface area contributed by atoms with Gasteiger partial charge in [0.15, 0.2) is 0 Å². The third kappa shape index (κ3) is 2.70. The van der Waals surface area contributed by atoms with E-state index in [1.54, 1.807) is 12.4 Å². The van der Waals surface area contributed by atoms with Crippen LogP contribution in [-0.2, 0) is 10.2 Å². The Morgan fingerprint density at radius 2 is 1.96 bits per heavy atom. The van der Waals surface area contributed by atoms with E-state index in [2.05, 4.69) is 21.2 Å². The van der Waals surface area contributed by atoms with Crippen LogP contribution in [0, 0.1) is 0 Å². The van der Waals surface area contributed by atoms with Gasteiger partial charge in [0, 0.05) is 36.2 Å². The zero-order valence-corrected chi connectivity index (χ0v) is 13.7. The minimum Gasteiger partial charge on any atom is -0.381 e. The lowest BCUT2D eigenvalue weighted by molar-refractivity contribution is 0.0523. The van der Waals surface area contributed by atoms with Gasteiger partial charge in [-0.1, -0.05) is 28.9 Å². The van der Waals surface area contributed by atoms with Crippen molar-refractivity contribution in [3.05, 3.63) is 65.3 Å². The molecule has 1 aromatic carbocycles. The third-order valence-corrected chi connectivity index (χ3v) is 4.71. The fourth-order valence-corrected chi connectivity index (χ4v) is 3.35. The molecule has 24 heavy (non-hydrogen) atoms. The Kier molecular flexibility index (Phi) is 4.04. The summed E-state index contributed by atoms with van der Waals surface area (Å²) in [4.78, 5) is 8.78. The summed E-state index contributed by atoms with van der Waals surface area (Å²) in [6.07, 6.45) is 5.01. The van der Waals surface area contributed by atoms with Crippen LogP contribution in [0.5, 0.6) is 0 Å². The molecule has 5 nitrogen and oxygen atoms in total. The van der Waals surface area contributed by atoms with E-state index in [1.807, 2.05) is 30.3 Å². The number of hydrogen-bond acceptors (Lipinski definition) is 5. The van der Waals surface area contributed by atoms with Crippen LogP contribution >= 0.6 is 11.6 Å². The fourth-order valence-electron chi connectivity index (χ4n) is 3.16. The van der Waals surface area contributed by atoms with Gasteiger partial charge in [-0.25, -0.2) is 0 Å². The van der Waals surface area contributed by atoms with E-state index in [-0.39, 0.29) is 5.41 Å². The standard InChI is InChI=1S/C18H16ClN3O2/c19-15-5-1-4-14(11-15)18(6-9-23-10-7-18)17-21-16(22-24-17)13-3-2-8-20-12-13/h1-5,8,11-12H,6-7,9-10H2. The van der Waals surface area contributed by atoms with Gasteiger partial charge in [0.1, 0.15) is 0 Å². The second kappa shape index (κ2) is 6.34. The molecule has 3 heterocycles. The van der Waals surface area contributed by atoms with Crippen molar-refractivity contribution in [3.8, 4) is 11.4 Å². The number of halogens is 1. The molecule has 0 N–H and O–H groups in total. The van der Waals surface area contributed by atoms with Crippen LogP contribution < -0.4 is 0 Å². The Balaban J connectivity index is 1.79. The van der Waals surface area contributed by atoms with E-state index in [0.29, 0.717) is 30.0 Å². The molecule has 1 fully saturated rings. The Morgan fingerprint density at radius 1 is 1.08 bits per heavy atom. The van der Waals surface area contributed by atoms with E-state index in [1.165, 1.54) is 0 Å². The summed E-state index contributed by atoms with van der Waals surface area (Å²) < 4.78 is 11.2. The van der Waals surface area contributed by atoms with Gasteiger partial charge < -0.3 is 9.26 Å². The smallest absolute Gasteiger partial charge is 0.237 e. The molecule has 0 spiro atoms. The second-order valence-corrected chi connectivity index (χ2v) is 6.31. The van der Waals surface area contributed by atoms with Crippen molar-refractivity contribution in [2.24, 2.45) is 0 Å². The van der Waals surface area contributed by atoms with Crippen molar-refractivity contribution < 1.29 is 9.26 Å². The molecule has 3 aromatic rings. The lowest BCUT2D eigenvalue weighted by atomic mass is 9.74. The predicted octanol–water partition coefficient (Wildman–Crippen LogP) is 3.88. The number of aromatic nitrogens is 3. The maximum atomic E-state index is 6.21. The normalized spacial score (nSPS) is 16.9. The molecule has 0 unspecified atom stereocenters. The van der Waals surface area contributed by atoms with E-state index >= 15 is 0 Å². The van der Waals surface area contributed by atoms with E-state index in [9.17, 15) is 0 Å². The molecule has 1 aliphatic heterocycles. The van der Waals surface area contributed by atoms with Gasteiger partial charge in [0.05, 0.1) is 5.41 Å². The summed E-state index contributed by atoms with van der Waals surface area (Å²) in [6, 6.07) is 11.6. The highest BCUT2D eigenvalue weighted by Gasteiger charge is 2.41. The summed E-state index contributed by atoms with van der Waals surface area (Å²) in [5.74, 6) is 1.15. The molecule has 2 aromatic heterocycles. The summed E-state index contributed by atoms with van der Waals surface area (Å²) in [5, 5.41) is 4.85. The van der Waals surface area contributed by atoms with Gasteiger partial charge in [-0.05, 0) is 42.7 Å². The highest BCUT2D eigenvalue weighted by Crippen LogP contribution is 2.41. The van der Waals surface area contributed by atoms with Gasteiger partial charge in [-0.15, -0.1) is 0 Å². The van der Waals surface area contributed by atoms with Gasteiger partial charge in [0.25, 0.3) is 0 Å². The molecule has 0 saturated carbocycles. The number of hydrogen-bond donors (Lipinski definition) is 0. The molecular formula is C18H16ClN3O2. The van der Waals surface area contributed by atoms with Crippen LogP contribution in [0.3, 0.4) is 0 Å². The molecule has 0 atom stereocenters. The fraction of sp³-hybridized carbons (Fsp3) is 0.278. The molecule has 122 valence electrons. The molecular weight excluding hydrogens is 326 g/mol. The minimum atomic E-state index is -0.364. The molecule has 4 rings (SSSR count). The van der Waals surface area contributed by atoms with Gasteiger partial charge in [-0.2, -0.15) is 4.98 Å². The Labute approximate surface area is 144 Å². The summed E-state index contributed by atoms with van der Waals surface area (Å²) >= 11 is 6.21. The zero-order chi connectivity index (χ0) is 16.4. The van der Waals surface area contributed by atoms with E-state index in [4.69, 9.17) is 20.9 Å². The van der Waals surface area contributed by atoms with E-state index in [0.717, 1.165) is 24.0 Å². The SMILES string of the molecule is Clc1cccc(C2(c3nc(-c4cccnc4)no3)CCOCC2)c1. The van der Waals surface area contributed by atoms with Crippen LogP contribution in [0.1, 0.15) is 24.3 Å². The topological polar surface area (TPSA) is 61.0 Å². The summed E-state index contributed by atoms with van der Waals surface area (Å²) in [7, 11) is 0. The van der Waals surface area contributed by atoms with Crippen molar-refractivity contribution in [1.82, 2.24) is 15.1 Å². The Bertz CT molecular complexity index is 829. The highest BCUT2D eigenvalue weighted by atomic mass is 35.5. The first-order valence-electron chi connectivity index (χ1n) is 7.86. The van der Waals surface area contributed by atoms with E-state index < -0.39 is 0 Å². The van der Waals surface area contributed by atoms with Crippen molar-refractivity contribution >= 4 is 11.6 Å². The number of rotatable bonds is 3. The summed E-state index contributed by atoms with van der Waals surface area (Å²) in [5.41, 5.74) is 1.55. The van der Waals surface area contributed by atoms with Crippen LogP contribution in [0.25, 0.3) is 11.4 Å². The van der Waals surface area contributed by atoms with Gasteiger partial charge >= 0.3 is 0 Å². The van der Waals surface area contributed by atoms with Crippen molar-refractivity contribution in [2.45, 2.75) is 18.3 Å². The lowest BCUT2D eigenvalue weighted by Crippen LogP contribution is -2.35. The average molecular weight is 342 g/mol. The zero-order valence-electron chi connectivity index (χ0n) is 13.0. The maximum Gasteiger partial charge on any atom is 0.237 e. The largest absolute Gasteiger partial charge is 0.381 e. The van der Waals surface area contributed by atoms with Gasteiger partial charge in [0.2, 0.25) is 11.7 Å². The maximum absolute atomic E-state index is 6.21. The van der Waals surface area contributed by atoms with Crippen molar-refractivity contribution in [3.63, 3.8) is 0 Å². The molecule has 1 saturated heterocycles. The Morgan fingerprint density at radius 3 is 2.71 bits per heavy atom. The van der Waals surface area contributed by atoms with Crippen LogP contribution in [0.15, 0.2) is 53.3 Å². The summed E-state index contributed by atoms with van der Waals surface area (Å²) in [6.45, 7) is 1.30. The quantitative estimate of drug-likeness (QED) is 0.723. The number of pyridine rings is 1. The Hall–Kier alpha value is -2.24. The number of ether oxygens (including phenoxy) is 1. The first kappa shape index (κ1) is 15.3. The molecule has 0 bridgehead atoms. The molecule has 0 amide bonds. The van der Waals surface area contributed by atoms with Gasteiger partial charge in [-0.3, -0.25) is 4.98 Å². The monoisotopic (exact) mass is 341 g/mol. The predicted molar refractivity (Wildman–Crippen MR) is 89.8 cm³/mol. The second-order valence-electron chi connectivity index (χ2n) is 5.87. The third-order valence-electron chi connectivity index (χ3n) is 4.48. The highest BCUT2D eigenvalue weighted by molar-refractivity contribution is 6.30. The van der Waals surface area contributed by atoms with Crippen LogP contribution in [0.2, 0.25) is 5.02 Å². The first-order chi connectivity index (χ1) is 11.8. The van der Waals surface area contributed by atoms with Crippen molar-refractivity contribution in [1.29, 1.82) is 0 Å². The molecule has 6 heteroatoms. The van der Waals surface area contributed by atoms with Crippen LogP contribution in [0.4, 0.5) is 0 Å². The molecule has 0 radical (unpaired) electrons. The number of benzene rings is 1. The van der Waals surface area contributed by atoms with Crippen molar-refractivity contribution in [2.75, 3.05) is 13.2 Å². The first-order valence-corrected chi connectivity index (χ1v) is 8.24. The minimum absolute atomic E-state index is 0.364. The number of nitrogens with zero attached hydrogens (tertiary/aromatic N) is 3.